The van der Waals surface area contributed by atoms with Crippen molar-refractivity contribution in [2.45, 2.75) is 328 Å². The molecule has 0 amide bonds. The first kappa shape index (κ1) is 60.6. The van der Waals surface area contributed by atoms with Gasteiger partial charge in [0.05, 0.1) is 6.61 Å². The number of ether oxygens (including phenoxy) is 2. The first-order chi connectivity index (χ1) is 30.6. The van der Waals surface area contributed by atoms with E-state index in [-0.39, 0.29) is 25.2 Å². The van der Waals surface area contributed by atoms with Crippen molar-refractivity contribution < 1.29 is 24.2 Å². The molecule has 1 N–H and O–H groups in total. The van der Waals surface area contributed by atoms with Crippen molar-refractivity contribution in [3.8, 4) is 0 Å². The summed E-state index contributed by atoms with van der Waals surface area (Å²) in [6, 6.07) is 0. The highest BCUT2D eigenvalue weighted by atomic mass is 16.6. The van der Waals surface area contributed by atoms with E-state index >= 15 is 0 Å². The highest BCUT2D eigenvalue weighted by Gasteiger charge is 2.16. The van der Waals surface area contributed by atoms with Crippen LogP contribution in [-0.4, -0.2) is 36.4 Å². The maximum Gasteiger partial charge on any atom is 0.306 e. The molecule has 1 atom stereocenters. The predicted molar refractivity (Wildman–Crippen MR) is 270 cm³/mol. The minimum atomic E-state index is -0.769. The maximum atomic E-state index is 12.3. The minimum Gasteiger partial charge on any atom is -0.462 e. The average molecular weight is 876 g/mol. The molecule has 0 aliphatic carbocycles. The second kappa shape index (κ2) is 54.0. The van der Waals surface area contributed by atoms with Gasteiger partial charge in [-0.3, -0.25) is 9.59 Å². The quantitative estimate of drug-likeness (QED) is 0.0374. The number of aliphatic hydroxyl groups excluding tert-OH is 1. The van der Waals surface area contributed by atoms with E-state index in [0.717, 1.165) is 32.1 Å². The van der Waals surface area contributed by atoms with Crippen molar-refractivity contribution in [1.82, 2.24) is 0 Å². The molecule has 0 radical (unpaired) electrons. The summed E-state index contributed by atoms with van der Waals surface area (Å²) in [6.07, 6.45) is 66.2. The lowest BCUT2D eigenvalue weighted by Crippen LogP contribution is -2.28. The lowest BCUT2D eigenvalue weighted by Gasteiger charge is -2.15. The number of hydrogen-bond donors (Lipinski definition) is 1. The molecule has 0 saturated heterocycles. The van der Waals surface area contributed by atoms with E-state index in [4.69, 9.17) is 9.47 Å². The molecule has 0 fully saturated rings. The zero-order valence-corrected chi connectivity index (χ0v) is 42.2. The summed E-state index contributed by atoms with van der Waals surface area (Å²) in [6.45, 7) is 4.19. The zero-order valence-electron chi connectivity index (χ0n) is 42.2. The summed E-state index contributed by atoms with van der Waals surface area (Å²) < 4.78 is 10.7. The molecular formula is C57H110O5. The molecule has 0 aliphatic rings. The Hall–Kier alpha value is -1.36. The number of hydrogen-bond acceptors (Lipinski definition) is 5. The van der Waals surface area contributed by atoms with Gasteiger partial charge in [-0.05, 0) is 38.5 Å². The molecule has 0 aromatic carbocycles. The predicted octanol–water partition coefficient (Wildman–Crippen LogP) is 18.8. The van der Waals surface area contributed by atoms with E-state index < -0.39 is 6.10 Å². The van der Waals surface area contributed by atoms with Crippen LogP contribution < -0.4 is 0 Å². The Morgan fingerprint density at radius 1 is 0.355 bits per heavy atom. The molecule has 5 nitrogen and oxygen atoms in total. The van der Waals surface area contributed by atoms with E-state index in [1.54, 1.807) is 0 Å². The van der Waals surface area contributed by atoms with Crippen molar-refractivity contribution >= 4 is 11.9 Å². The molecule has 0 spiro atoms. The van der Waals surface area contributed by atoms with Gasteiger partial charge < -0.3 is 14.6 Å². The Morgan fingerprint density at radius 3 is 0.871 bits per heavy atom. The van der Waals surface area contributed by atoms with Gasteiger partial charge in [0.1, 0.15) is 6.61 Å². The van der Waals surface area contributed by atoms with Crippen LogP contribution in [0, 0.1) is 0 Å². The van der Waals surface area contributed by atoms with Gasteiger partial charge in [0.2, 0.25) is 0 Å². The van der Waals surface area contributed by atoms with Crippen LogP contribution >= 0.6 is 0 Å². The summed E-state index contributed by atoms with van der Waals surface area (Å²) in [5.74, 6) is -0.575. The summed E-state index contributed by atoms with van der Waals surface area (Å²) in [5.41, 5.74) is 0. The fourth-order valence-corrected chi connectivity index (χ4v) is 8.79. The molecule has 0 bridgehead atoms. The first-order valence-corrected chi connectivity index (χ1v) is 28.2. The lowest BCUT2D eigenvalue weighted by molar-refractivity contribution is -0.161. The highest BCUT2D eigenvalue weighted by molar-refractivity contribution is 5.70. The molecule has 368 valence electrons. The van der Waals surface area contributed by atoms with Crippen molar-refractivity contribution in [3.05, 3.63) is 12.2 Å². The number of esters is 2. The lowest BCUT2D eigenvalue weighted by atomic mass is 10.0. The van der Waals surface area contributed by atoms with Crippen molar-refractivity contribution in [3.63, 3.8) is 0 Å². The molecule has 0 heterocycles. The first-order valence-electron chi connectivity index (χ1n) is 28.2. The molecule has 0 rings (SSSR count). The third-order valence-corrected chi connectivity index (χ3v) is 13.1. The topological polar surface area (TPSA) is 72.8 Å². The second-order valence-electron chi connectivity index (χ2n) is 19.4. The van der Waals surface area contributed by atoms with Gasteiger partial charge in [0.15, 0.2) is 6.10 Å². The molecule has 5 heteroatoms. The monoisotopic (exact) mass is 875 g/mol. The standard InChI is InChI=1S/C57H110O5/c1-3-5-7-9-11-13-15-17-19-21-23-24-25-26-27-28-29-30-31-32-33-34-36-37-39-41-43-45-47-49-51-56(59)61-54-55(53-58)62-57(60)52-50-48-46-44-42-40-38-35-22-20-18-16-14-12-10-8-6-4-2/h20,22,55,58H,3-19,21,23-54H2,1-2H3/b22-20-. The van der Waals surface area contributed by atoms with E-state index in [1.807, 2.05) is 0 Å². The van der Waals surface area contributed by atoms with Crippen LogP contribution in [0.2, 0.25) is 0 Å². The van der Waals surface area contributed by atoms with Gasteiger partial charge in [-0.15, -0.1) is 0 Å². The fraction of sp³-hybridized carbons (Fsp3) is 0.930. The van der Waals surface area contributed by atoms with E-state index in [1.165, 1.54) is 263 Å². The second-order valence-corrected chi connectivity index (χ2v) is 19.4. The molecular weight excluding hydrogens is 765 g/mol. The van der Waals surface area contributed by atoms with Crippen LogP contribution in [0.4, 0.5) is 0 Å². The summed E-state index contributed by atoms with van der Waals surface area (Å²) in [5, 5.41) is 9.63. The SMILES string of the molecule is CCCCCCCCC/C=C\CCCCCCCCCC(=O)OC(CO)COC(=O)CCCCCCCCCCCCCCCCCCCCCCCCCCCCCCCC. The minimum absolute atomic E-state index is 0.0605. The van der Waals surface area contributed by atoms with Gasteiger partial charge in [-0.1, -0.05) is 283 Å². The number of carbonyl (C=O) groups is 2. The average Bonchev–Trinajstić information content (AvgIpc) is 3.28. The van der Waals surface area contributed by atoms with E-state index in [0.29, 0.717) is 12.8 Å². The maximum absolute atomic E-state index is 12.3. The third-order valence-electron chi connectivity index (χ3n) is 13.1. The number of unbranched alkanes of at least 4 members (excludes halogenated alkanes) is 43. The van der Waals surface area contributed by atoms with Gasteiger partial charge in [-0.2, -0.15) is 0 Å². The molecule has 0 aromatic heterocycles. The van der Waals surface area contributed by atoms with E-state index in [9.17, 15) is 14.7 Å². The number of carbonyl (C=O) groups excluding carboxylic acids is 2. The van der Waals surface area contributed by atoms with Crippen LogP contribution in [-0.2, 0) is 19.1 Å². The van der Waals surface area contributed by atoms with Crippen LogP contribution in [0.25, 0.3) is 0 Å². The van der Waals surface area contributed by atoms with Crippen LogP contribution in [0.5, 0.6) is 0 Å². The smallest absolute Gasteiger partial charge is 0.306 e. The number of aliphatic hydroxyl groups is 1. The van der Waals surface area contributed by atoms with Crippen molar-refractivity contribution in [2.24, 2.45) is 0 Å². The Bertz CT molecular complexity index is 902. The molecule has 0 aliphatic heterocycles. The molecule has 0 aromatic rings. The van der Waals surface area contributed by atoms with Crippen molar-refractivity contribution in [2.75, 3.05) is 13.2 Å². The highest BCUT2D eigenvalue weighted by Crippen LogP contribution is 2.18. The molecule has 0 saturated carbocycles. The number of allylic oxidation sites excluding steroid dienone is 2. The normalized spacial score (nSPS) is 12.1. The molecule has 1 unspecified atom stereocenters. The van der Waals surface area contributed by atoms with Crippen LogP contribution in [0.15, 0.2) is 12.2 Å². The van der Waals surface area contributed by atoms with Gasteiger partial charge in [-0.25, -0.2) is 0 Å². The summed E-state index contributed by atoms with van der Waals surface area (Å²) in [4.78, 5) is 24.5. The van der Waals surface area contributed by atoms with Crippen LogP contribution in [0.3, 0.4) is 0 Å². The van der Waals surface area contributed by atoms with Gasteiger partial charge in [0.25, 0.3) is 0 Å². The summed E-state index contributed by atoms with van der Waals surface area (Å²) >= 11 is 0. The van der Waals surface area contributed by atoms with Gasteiger partial charge in [0, 0.05) is 12.8 Å². The van der Waals surface area contributed by atoms with Crippen LogP contribution in [0.1, 0.15) is 322 Å². The molecule has 62 heavy (non-hydrogen) atoms. The summed E-state index contributed by atoms with van der Waals surface area (Å²) in [7, 11) is 0. The Labute approximate surface area is 388 Å². The van der Waals surface area contributed by atoms with E-state index in [2.05, 4.69) is 26.0 Å². The third kappa shape index (κ3) is 51.3. The van der Waals surface area contributed by atoms with Gasteiger partial charge >= 0.3 is 11.9 Å². The zero-order chi connectivity index (χ0) is 44.9. The Kier molecular flexibility index (Phi) is 52.8. The Balaban J connectivity index is 3.39. The van der Waals surface area contributed by atoms with Crippen molar-refractivity contribution in [1.29, 1.82) is 0 Å². The number of rotatable bonds is 53. The largest absolute Gasteiger partial charge is 0.462 e. The Morgan fingerprint density at radius 2 is 0.597 bits per heavy atom. The fourth-order valence-electron chi connectivity index (χ4n) is 8.79.